The molecule has 0 bridgehead atoms. The Balaban J connectivity index is 0.00000392. The zero-order valence-corrected chi connectivity index (χ0v) is 20.1. The van der Waals surface area contributed by atoms with Gasteiger partial charge < -0.3 is 39.8 Å². The summed E-state index contributed by atoms with van der Waals surface area (Å²) < 4.78 is 5.75. The molecule has 0 spiro atoms. The molecule has 1 aromatic rings. The van der Waals surface area contributed by atoms with E-state index in [0.29, 0.717) is 18.4 Å². The van der Waals surface area contributed by atoms with Crippen LogP contribution in [0.3, 0.4) is 0 Å². The van der Waals surface area contributed by atoms with E-state index in [-0.39, 0.29) is 36.8 Å². The minimum absolute atomic E-state index is 0. The van der Waals surface area contributed by atoms with Crippen molar-refractivity contribution in [2.24, 2.45) is 5.92 Å². The molecule has 3 N–H and O–H groups in total. The highest BCUT2D eigenvalue weighted by Gasteiger charge is 2.27. The van der Waals surface area contributed by atoms with Crippen molar-refractivity contribution in [2.75, 3.05) is 32.8 Å². The third-order valence-corrected chi connectivity index (χ3v) is 6.05. The van der Waals surface area contributed by atoms with Crippen LogP contribution in [0.1, 0.15) is 76.5 Å². The molecule has 0 saturated heterocycles. The van der Waals surface area contributed by atoms with E-state index in [9.17, 15) is 4.79 Å². The number of hydrogen-bond acceptors (Lipinski definition) is 2. The van der Waals surface area contributed by atoms with Crippen LogP contribution in [0.25, 0.3) is 0 Å². The summed E-state index contributed by atoms with van der Waals surface area (Å²) in [5.74, 6) is 0.994. The molecule has 6 heteroatoms. The molecule has 29 heavy (non-hydrogen) atoms. The topological polar surface area (TPSA) is 47.4 Å². The number of likely N-dealkylation sites (N-methyl/N-ethyl adjacent to an activating group) is 1. The number of carbonyl (C=O) groups is 1. The molecule has 168 valence electrons. The highest BCUT2D eigenvalue weighted by Crippen LogP contribution is 2.25. The SMILES string of the molecule is CC[NH+](CC)CC[NH2+]C(C(=O)OCC1CCCC1)c1ccc(C(C)C)cc1.[Cl-].[Cl-]. The van der Waals surface area contributed by atoms with E-state index in [1.54, 1.807) is 4.90 Å². The van der Waals surface area contributed by atoms with E-state index in [2.05, 4.69) is 57.3 Å². The predicted molar refractivity (Wildman–Crippen MR) is 110 cm³/mol. The van der Waals surface area contributed by atoms with Crippen molar-refractivity contribution in [3.63, 3.8) is 0 Å². The quantitative estimate of drug-likeness (QED) is 0.341. The minimum atomic E-state index is -0.248. The molecular formula is C23H40Cl2N2O2. The average molecular weight is 447 g/mol. The standard InChI is InChI=1S/C23H38N2O2.2ClH/c1-5-25(6-2)16-15-24-22(21-13-11-20(12-14-21)18(3)4)23(26)27-17-19-9-7-8-10-19;;/h11-14,18-19,22,24H,5-10,15-17H2,1-4H3;2*1H. The third-order valence-electron chi connectivity index (χ3n) is 6.05. The van der Waals surface area contributed by atoms with Gasteiger partial charge in [-0.1, -0.05) is 51.0 Å². The van der Waals surface area contributed by atoms with Crippen LogP contribution in [0.5, 0.6) is 0 Å². The highest BCUT2D eigenvalue weighted by atomic mass is 35.5. The Labute approximate surface area is 190 Å². The Morgan fingerprint density at radius 3 is 2.14 bits per heavy atom. The number of nitrogens with two attached hydrogens (primary N) is 1. The molecule has 1 aromatic carbocycles. The second-order valence-corrected chi connectivity index (χ2v) is 8.31. The Hall–Kier alpha value is -0.810. The summed E-state index contributed by atoms with van der Waals surface area (Å²) in [5, 5.41) is 2.17. The van der Waals surface area contributed by atoms with Gasteiger partial charge in [0.15, 0.2) is 0 Å². The lowest BCUT2D eigenvalue weighted by atomic mass is 9.99. The number of halogens is 2. The number of quaternary nitrogens is 2. The molecule has 1 aliphatic carbocycles. The minimum Gasteiger partial charge on any atom is -1.00 e. The number of nitrogens with one attached hydrogen (secondary N) is 1. The molecular weight excluding hydrogens is 407 g/mol. The van der Waals surface area contributed by atoms with Crippen molar-refractivity contribution >= 4 is 5.97 Å². The van der Waals surface area contributed by atoms with E-state index in [1.165, 1.54) is 31.2 Å². The first-order valence-corrected chi connectivity index (χ1v) is 11.0. The van der Waals surface area contributed by atoms with Crippen LogP contribution < -0.4 is 35.0 Å². The zero-order chi connectivity index (χ0) is 19.6. The van der Waals surface area contributed by atoms with Gasteiger partial charge in [-0.05, 0) is 44.1 Å². The van der Waals surface area contributed by atoms with Gasteiger partial charge >= 0.3 is 5.97 Å². The summed E-state index contributed by atoms with van der Waals surface area (Å²) in [6, 6.07) is 8.28. The molecule has 0 aliphatic heterocycles. The van der Waals surface area contributed by atoms with Crippen molar-refractivity contribution in [1.29, 1.82) is 0 Å². The lowest BCUT2D eigenvalue weighted by Gasteiger charge is -2.19. The van der Waals surface area contributed by atoms with Crippen molar-refractivity contribution in [3.05, 3.63) is 35.4 Å². The van der Waals surface area contributed by atoms with Crippen molar-refractivity contribution in [1.82, 2.24) is 0 Å². The third kappa shape index (κ3) is 9.25. The van der Waals surface area contributed by atoms with Gasteiger partial charge in [0.2, 0.25) is 6.04 Å². The van der Waals surface area contributed by atoms with Crippen molar-refractivity contribution < 1.29 is 44.6 Å². The molecule has 1 unspecified atom stereocenters. The van der Waals surface area contributed by atoms with Crippen LogP contribution in [-0.4, -0.2) is 38.8 Å². The summed E-state index contributed by atoms with van der Waals surface area (Å²) in [6.45, 7) is 13.7. The molecule has 0 radical (unpaired) electrons. The van der Waals surface area contributed by atoms with E-state index in [1.807, 2.05) is 0 Å². The monoisotopic (exact) mass is 446 g/mol. The van der Waals surface area contributed by atoms with Gasteiger partial charge in [0.05, 0.1) is 19.7 Å². The van der Waals surface area contributed by atoms with Crippen LogP contribution in [0.15, 0.2) is 24.3 Å². The van der Waals surface area contributed by atoms with E-state index < -0.39 is 0 Å². The molecule has 1 saturated carbocycles. The van der Waals surface area contributed by atoms with Crippen LogP contribution >= 0.6 is 0 Å². The molecule has 2 rings (SSSR count). The van der Waals surface area contributed by atoms with Gasteiger partial charge in [-0.15, -0.1) is 0 Å². The molecule has 1 fully saturated rings. The normalized spacial score (nSPS) is 15.1. The maximum atomic E-state index is 12.9. The summed E-state index contributed by atoms with van der Waals surface area (Å²) in [5.41, 5.74) is 2.37. The Morgan fingerprint density at radius 1 is 1.07 bits per heavy atom. The lowest BCUT2D eigenvalue weighted by Crippen LogP contribution is -3.14. The second kappa shape index (κ2) is 15.1. The first-order chi connectivity index (χ1) is 13.0. The number of ether oxygens (including phenoxy) is 1. The van der Waals surface area contributed by atoms with Crippen molar-refractivity contribution in [3.8, 4) is 0 Å². The fraction of sp³-hybridized carbons (Fsp3) is 0.696. The Kier molecular flexibility index (Phi) is 14.6. The molecule has 1 atom stereocenters. The van der Waals surface area contributed by atoms with Gasteiger partial charge in [0.1, 0.15) is 13.1 Å². The maximum absolute atomic E-state index is 12.9. The van der Waals surface area contributed by atoms with Crippen LogP contribution in [-0.2, 0) is 9.53 Å². The second-order valence-electron chi connectivity index (χ2n) is 8.31. The Bertz CT molecular complexity index is 557. The smallest absolute Gasteiger partial charge is 0.369 e. The maximum Gasteiger partial charge on any atom is 0.369 e. The number of rotatable bonds is 11. The lowest BCUT2D eigenvalue weighted by molar-refractivity contribution is -0.910. The predicted octanol–water partition coefficient (Wildman–Crippen LogP) is -3.92. The van der Waals surface area contributed by atoms with Gasteiger partial charge in [-0.3, -0.25) is 0 Å². The van der Waals surface area contributed by atoms with E-state index >= 15 is 0 Å². The van der Waals surface area contributed by atoms with Crippen LogP contribution in [0, 0.1) is 5.92 Å². The number of esters is 1. The summed E-state index contributed by atoms with van der Waals surface area (Å²) in [4.78, 5) is 14.4. The molecule has 0 heterocycles. The summed E-state index contributed by atoms with van der Waals surface area (Å²) in [7, 11) is 0. The zero-order valence-electron chi connectivity index (χ0n) is 18.6. The van der Waals surface area contributed by atoms with Crippen molar-refractivity contribution in [2.45, 2.75) is 65.3 Å². The first kappa shape index (κ1) is 28.2. The summed E-state index contributed by atoms with van der Waals surface area (Å²) >= 11 is 0. The van der Waals surface area contributed by atoms with Gasteiger partial charge in [0, 0.05) is 5.56 Å². The van der Waals surface area contributed by atoms with Gasteiger partial charge in [-0.25, -0.2) is 4.79 Å². The fourth-order valence-electron chi connectivity index (χ4n) is 3.98. The van der Waals surface area contributed by atoms with Gasteiger partial charge in [-0.2, -0.15) is 0 Å². The van der Waals surface area contributed by atoms with E-state index in [0.717, 1.165) is 31.7 Å². The van der Waals surface area contributed by atoms with E-state index in [4.69, 9.17) is 4.74 Å². The Morgan fingerprint density at radius 2 is 1.62 bits per heavy atom. The fourth-order valence-corrected chi connectivity index (χ4v) is 3.98. The first-order valence-electron chi connectivity index (χ1n) is 11.0. The van der Waals surface area contributed by atoms with Crippen LogP contribution in [0.4, 0.5) is 0 Å². The number of benzene rings is 1. The average Bonchev–Trinajstić information content (AvgIpc) is 3.20. The molecule has 0 amide bonds. The molecule has 4 nitrogen and oxygen atoms in total. The number of hydrogen-bond donors (Lipinski definition) is 2. The molecule has 0 aromatic heterocycles. The highest BCUT2D eigenvalue weighted by molar-refractivity contribution is 5.76. The van der Waals surface area contributed by atoms with Gasteiger partial charge in [0.25, 0.3) is 0 Å². The van der Waals surface area contributed by atoms with Crippen LogP contribution in [0.2, 0.25) is 0 Å². The largest absolute Gasteiger partial charge is 1.00 e. The molecule has 1 aliphatic rings. The number of carbonyl (C=O) groups excluding carboxylic acids is 1. The summed E-state index contributed by atoms with van der Waals surface area (Å²) in [6.07, 6.45) is 4.97.